The molecule has 2 aromatic rings. The second-order valence-corrected chi connectivity index (χ2v) is 5.34. The van der Waals surface area contributed by atoms with Gasteiger partial charge in [-0.3, -0.25) is 4.79 Å². The molecule has 0 saturated carbocycles. The van der Waals surface area contributed by atoms with Crippen LogP contribution in [-0.2, 0) is 0 Å². The van der Waals surface area contributed by atoms with Crippen molar-refractivity contribution in [3.05, 3.63) is 64.7 Å². The first-order valence-electron chi connectivity index (χ1n) is 7.18. The van der Waals surface area contributed by atoms with Gasteiger partial charge in [-0.05, 0) is 32.0 Å². The normalized spacial score (nSPS) is 11.8. The van der Waals surface area contributed by atoms with Crippen LogP contribution in [0.5, 0.6) is 5.75 Å². The lowest BCUT2D eigenvalue weighted by Gasteiger charge is -2.15. The van der Waals surface area contributed by atoms with Crippen LogP contribution in [-0.4, -0.2) is 24.7 Å². The van der Waals surface area contributed by atoms with Gasteiger partial charge in [0.05, 0.1) is 13.2 Å². The van der Waals surface area contributed by atoms with Crippen molar-refractivity contribution in [1.29, 1.82) is 0 Å². The van der Waals surface area contributed by atoms with E-state index in [1.165, 1.54) is 0 Å². The molecule has 0 unspecified atom stereocenters. The van der Waals surface area contributed by atoms with E-state index in [0.29, 0.717) is 16.9 Å². The third-order valence-electron chi connectivity index (χ3n) is 3.44. The summed E-state index contributed by atoms with van der Waals surface area (Å²) in [7, 11) is 1.56. The summed E-state index contributed by atoms with van der Waals surface area (Å²) in [6.07, 6.45) is -0.814. The van der Waals surface area contributed by atoms with Crippen LogP contribution in [0.25, 0.3) is 0 Å². The summed E-state index contributed by atoms with van der Waals surface area (Å²) in [5.41, 5.74) is 3.33. The third-order valence-corrected chi connectivity index (χ3v) is 3.44. The number of amides is 1. The SMILES string of the molecule is COc1ccccc1[C@H](O)CNC(=O)c1cc(C)cc(C)c1. The molecule has 0 spiro atoms. The van der Waals surface area contributed by atoms with Crippen molar-refractivity contribution >= 4 is 5.91 Å². The van der Waals surface area contributed by atoms with Crippen LogP contribution < -0.4 is 10.1 Å². The Hall–Kier alpha value is -2.33. The number of para-hydroxylation sites is 1. The fourth-order valence-electron chi connectivity index (χ4n) is 2.45. The number of aliphatic hydroxyl groups excluding tert-OH is 1. The highest BCUT2D eigenvalue weighted by Crippen LogP contribution is 2.24. The molecule has 0 aliphatic heterocycles. The zero-order valence-corrected chi connectivity index (χ0v) is 13.1. The number of carbonyl (C=O) groups excluding carboxylic acids is 1. The summed E-state index contributed by atoms with van der Waals surface area (Å²) in [6.45, 7) is 4.03. The molecule has 0 bridgehead atoms. The second-order valence-electron chi connectivity index (χ2n) is 5.34. The zero-order valence-electron chi connectivity index (χ0n) is 13.1. The van der Waals surface area contributed by atoms with Gasteiger partial charge in [0.1, 0.15) is 5.75 Å². The maximum Gasteiger partial charge on any atom is 0.251 e. The van der Waals surface area contributed by atoms with Crippen molar-refractivity contribution in [2.75, 3.05) is 13.7 Å². The van der Waals surface area contributed by atoms with Gasteiger partial charge in [0.25, 0.3) is 5.91 Å². The van der Waals surface area contributed by atoms with Crippen molar-refractivity contribution in [2.45, 2.75) is 20.0 Å². The number of benzene rings is 2. The number of aryl methyl sites for hydroxylation is 2. The summed E-state index contributed by atoms with van der Waals surface area (Å²) >= 11 is 0. The van der Waals surface area contributed by atoms with Crippen LogP contribution in [0.15, 0.2) is 42.5 Å². The number of hydrogen-bond acceptors (Lipinski definition) is 3. The topological polar surface area (TPSA) is 58.6 Å². The Kier molecular flexibility index (Phi) is 5.17. The molecule has 1 atom stereocenters. The van der Waals surface area contributed by atoms with E-state index in [2.05, 4.69) is 5.32 Å². The minimum Gasteiger partial charge on any atom is -0.496 e. The van der Waals surface area contributed by atoms with Gasteiger partial charge in [-0.25, -0.2) is 0 Å². The lowest BCUT2D eigenvalue weighted by atomic mass is 10.1. The van der Waals surface area contributed by atoms with E-state index >= 15 is 0 Å². The predicted molar refractivity (Wildman–Crippen MR) is 86.2 cm³/mol. The first-order valence-corrected chi connectivity index (χ1v) is 7.18. The van der Waals surface area contributed by atoms with Crippen LogP contribution in [0.1, 0.15) is 33.2 Å². The number of hydrogen-bond donors (Lipinski definition) is 2. The number of methoxy groups -OCH3 is 1. The molecule has 0 fully saturated rings. The van der Waals surface area contributed by atoms with Crippen LogP contribution in [0.3, 0.4) is 0 Å². The Morgan fingerprint density at radius 3 is 2.45 bits per heavy atom. The molecule has 4 nitrogen and oxygen atoms in total. The molecule has 0 aliphatic carbocycles. The zero-order chi connectivity index (χ0) is 16.1. The minimum atomic E-state index is -0.814. The van der Waals surface area contributed by atoms with E-state index in [0.717, 1.165) is 11.1 Å². The highest BCUT2D eigenvalue weighted by atomic mass is 16.5. The van der Waals surface area contributed by atoms with E-state index in [9.17, 15) is 9.90 Å². The fraction of sp³-hybridized carbons (Fsp3) is 0.278. The molecule has 2 N–H and O–H groups in total. The fourth-order valence-corrected chi connectivity index (χ4v) is 2.45. The number of carbonyl (C=O) groups is 1. The van der Waals surface area contributed by atoms with Gasteiger partial charge in [-0.1, -0.05) is 35.4 Å². The van der Waals surface area contributed by atoms with Gasteiger partial charge in [0.15, 0.2) is 0 Å². The molecule has 0 aromatic heterocycles. The number of aliphatic hydroxyl groups is 1. The smallest absolute Gasteiger partial charge is 0.251 e. The van der Waals surface area contributed by atoms with Crippen molar-refractivity contribution in [2.24, 2.45) is 0 Å². The Bertz CT molecular complexity index is 647. The number of rotatable bonds is 5. The van der Waals surface area contributed by atoms with Gasteiger partial charge in [-0.15, -0.1) is 0 Å². The number of nitrogens with one attached hydrogen (secondary N) is 1. The number of ether oxygens (including phenoxy) is 1. The Morgan fingerprint density at radius 1 is 1.18 bits per heavy atom. The Labute approximate surface area is 130 Å². The van der Waals surface area contributed by atoms with Gasteiger partial charge in [0, 0.05) is 17.7 Å². The minimum absolute atomic E-state index is 0.131. The van der Waals surface area contributed by atoms with Gasteiger partial charge in [-0.2, -0.15) is 0 Å². The van der Waals surface area contributed by atoms with E-state index in [1.807, 2.05) is 44.2 Å². The van der Waals surface area contributed by atoms with Crippen molar-refractivity contribution in [1.82, 2.24) is 5.32 Å². The standard InChI is InChI=1S/C18H21NO3/c1-12-8-13(2)10-14(9-12)18(21)19-11-16(20)15-6-4-5-7-17(15)22-3/h4-10,16,20H,11H2,1-3H3,(H,19,21)/t16-/m1/s1. The van der Waals surface area contributed by atoms with E-state index < -0.39 is 6.10 Å². The Morgan fingerprint density at radius 2 is 1.82 bits per heavy atom. The molecular formula is C18H21NO3. The Balaban J connectivity index is 2.04. The summed E-state index contributed by atoms with van der Waals surface area (Å²) in [4.78, 5) is 12.2. The lowest BCUT2D eigenvalue weighted by molar-refractivity contribution is 0.0914. The average molecular weight is 299 g/mol. The maximum atomic E-state index is 12.2. The molecule has 116 valence electrons. The summed E-state index contributed by atoms with van der Waals surface area (Å²) < 4.78 is 5.22. The van der Waals surface area contributed by atoms with Crippen LogP contribution in [0, 0.1) is 13.8 Å². The van der Waals surface area contributed by atoms with Crippen LogP contribution in [0.2, 0.25) is 0 Å². The van der Waals surface area contributed by atoms with Crippen molar-refractivity contribution in [3.8, 4) is 5.75 Å². The van der Waals surface area contributed by atoms with Crippen LogP contribution in [0.4, 0.5) is 0 Å². The first-order chi connectivity index (χ1) is 10.5. The largest absolute Gasteiger partial charge is 0.496 e. The molecule has 1 amide bonds. The summed E-state index contributed by atoms with van der Waals surface area (Å²) in [5, 5.41) is 13.0. The summed E-state index contributed by atoms with van der Waals surface area (Å²) in [5.74, 6) is 0.413. The highest BCUT2D eigenvalue weighted by molar-refractivity contribution is 5.94. The molecule has 0 aliphatic rings. The highest BCUT2D eigenvalue weighted by Gasteiger charge is 2.14. The van der Waals surface area contributed by atoms with E-state index in [4.69, 9.17) is 4.74 Å². The monoisotopic (exact) mass is 299 g/mol. The third kappa shape index (κ3) is 3.86. The predicted octanol–water partition coefficient (Wildman–Crippen LogP) is 2.78. The molecule has 4 heteroatoms. The van der Waals surface area contributed by atoms with Crippen molar-refractivity contribution in [3.63, 3.8) is 0 Å². The van der Waals surface area contributed by atoms with Crippen LogP contribution >= 0.6 is 0 Å². The van der Waals surface area contributed by atoms with Crippen molar-refractivity contribution < 1.29 is 14.6 Å². The first kappa shape index (κ1) is 16.0. The van der Waals surface area contributed by atoms with E-state index in [-0.39, 0.29) is 12.5 Å². The maximum absolute atomic E-state index is 12.2. The van der Waals surface area contributed by atoms with E-state index in [1.54, 1.807) is 19.2 Å². The second kappa shape index (κ2) is 7.09. The summed E-state index contributed by atoms with van der Waals surface area (Å²) in [6, 6.07) is 12.9. The lowest BCUT2D eigenvalue weighted by Crippen LogP contribution is -2.28. The molecule has 0 radical (unpaired) electrons. The molecule has 2 aromatic carbocycles. The molecule has 22 heavy (non-hydrogen) atoms. The molecule has 0 saturated heterocycles. The molecular weight excluding hydrogens is 278 g/mol. The average Bonchev–Trinajstić information content (AvgIpc) is 2.51. The molecule has 2 rings (SSSR count). The molecule has 0 heterocycles. The van der Waals surface area contributed by atoms with Gasteiger partial charge >= 0.3 is 0 Å². The van der Waals surface area contributed by atoms with Gasteiger partial charge < -0.3 is 15.2 Å². The quantitative estimate of drug-likeness (QED) is 0.892. The van der Waals surface area contributed by atoms with Gasteiger partial charge in [0.2, 0.25) is 0 Å².